The number of Topliss-reactive ketones (excluding diaryl/α,β-unsaturated/α-hetero) is 1. The Bertz CT molecular complexity index is 1120. The fraction of sp³-hybridized carbons (Fsp3) is 0.759. The number of H-pyrrole nitrogens is 1. The highest BCUT2D eigenvalue weighted by atomic mass is 19.4. The van der Waals surface area contributed by atoms with Crippen LogP contribution in [0, 0.1) is 5.92 Å². The minimum atomic E-state index is -4.70. The third-order valence-electron chi connectivity index (χ3n) is 8.76. The maximum atomic E-state index is 13.7. The van der Waals surface area contributed by atoms with E-state index >= 15 is 0 Å². The van der Waals surface area contributed by atoms with Gasteiger partial charge in [0.05, 0.1) is 18.3 Å². The quantitative estimate of drug-likeness (QED) is 0.362. The molecule has 3 fully saturated rings. The summed E-state index contributed by atoms with van der Waals surface area (Å²) in [6.45, 7) is 5.76. The number of hydrogen-bond acceptors (Lipinski definition) is 6. The van der Waals surface area contributed by atoms with Crippen LogP contribution in [-0.4, -0.2) is 64.7 Å². The van der Waals surface area contributed by atoms with Gasteiger partial charge in [-0.15, -0.1) is 0 Å². The van der Waals surface area contributed by atoms with E-state index in [1.165, 1.54) is 17.7 Å². The molecule has 0 spiro atoms. The van der Waals surface area contributed by atoms with Crippen molar-refractivity contribution < 1.29 is 22.7 Å². The van der Waals surface area contributed by atoms with E-state index < -0.39 is 17.3 Å². The number of rotatable bonds is 12. The Morgan fingerprint density at radius 1 is 1.13 bits per heavy atom. The molecule has 10 heteroatoms. The number of aromatic nitrogens is 2. The standard InChI is InChI=1S/C29H41F3N4O3/c1-2-14-35(15-5-3-4-9-23(37)19-10-11-19)27(20-7-6-8-20)24-18-36(16-17-39-24)22-13-12-21-25(29(30,31)32)28(38)34-33-26(21)22/h19,22,24H,2-18H2,1H3,(H,34,38). The van der Waals surface area contributed by atoms with Crippen LogP contribution in [0.2, 0.25) is 0 Å². The topological polar surface area (TPSA) is 78.5 Å². The first-order chi connectivity index (χ1) is 18.8. The molecule has 2 unspecified atom stereocenters. The Morgan fingerprint density at radius 2 is 1.92 bits per heavy atom. The van der Waals surface area contributed by atoms with Crippen LogP contribution in [0.5, 0.6) is 0 Å². The number of allylic oxidation sites excluding steroid dienone is 1. The fourth-order valence-electron chi connectivity index (χ4n) is 6.49. The molecule has 0 radical (unpaired) electrons. The number of carbonyl (C=O) groups is 1. The first-order valence-electron chi connectivity index (χ1n) is 14.8. The lowest BCUT2D eigenvalue weighted by Gasteiger charge is -2.43. The van der Waals surface area contributed by atoms with Gasteiger partial charge in [-0.2, -0.15) is 18.3 Å². The number of nitrogens with zero attached hydrogens (tertiary/aromatic N) is 3. The van der Waals surface area contributed by atoms with Gasteiger partial charge in [0.15, 0.2) is 0 Å². The molecular formula is C29H41F3N4O3. The second-order valence-electron chi connectivity index (χ2n) is 11.6. The first kappa shape index (κ1) is 28.3. The summed E-state index contributed by atoms with van der Waals surface area (Å²) < 4.78 is 47.3. The van der Waals surface area contributed by atoms with Crippen LogP contribution >= 0.6 is 0 Å². The van der Waals surface area contributed by atoms with E-state index in [4.69, 9.17) is 4.74 Å². The van der Waals surface area contributed by atoms with Gasteiger partial charge in [0.1, 0.15) is 17.5 Å². The van der Waals surface area contributed by atoms with Crippen molar-refractivity contribution in [1.29, 1.82) is 0 Å². The van der Waals surface area contributed by atoms with Gasteiger partial charge in [-0.3, -0.25) is 14.5 Å². The van der Waals surface area contributed by atoms with Crippen molar-refractivity contribution >= 4 is 5.78 Å². The number of aromatic amines is 1. The van der Waals surface area contributed by atoms with E-state index in [2.05, 4.69) is 26.9 Å². The molecule has 3 aliphatic carbocycles. The SMILES string of the molecule is CCCN(CCCCCC(=O)C1CC1)C(=C1CCC1)C1CN(C2CCc3c2n[nH]c(=O)c3C(F)(F)F)CCO1. The Balaban J connectivity index is 1.28. The molecule has 7 nitrogen and oxygen atoms in total. The Labute approximate surface area is 228 Å². The highest BCUT2D eigenvalue weighted by Gasteiger charge is 2.43. The Morgan fingerprint density at radius 3 is 2.59 bits per heavy atom. The zero-order valence-corrected chi connectivity index (χ0v) is 23.0. The molecule has 1 aromatic heterocycles. The van der Waals surface area contributed by atoms with Crippen molar-refractivity contribution in [2.75, 3.05) is 32.8 Å². The number of unbranched alkanes of at least 4 members (excludes halogenated alkanes) is 2. The van der Waals surface area contributed by atoms with Gasteiger partial charge in [-0.1, -0.05) is 13.3 Å². The maximum absolute atomic E-state index is 13.7. The second-order valence-corrected chi connectivity index (χ2v) is 11.6. The molecular weight excluding hydrogens is 509 g/mol. The van der Waals surface area contributed by atoms with E-state index in [0.717, 1.165) is 64.5 Å². The summed E-state index contributed by atoms with van der Waals surface area (Å²) in [5, 5.41) is 6.21. The number of alkyl halides is 3. The van der Waals surface area contributed by atoms with Gasteiger partial charge in [0.2, 0.25) is 0 Å². The number of ketones is 1. The molecule has 1 aliphatic heterocycles. The zero-order chi connectivity index (χ0) is 27.6. The summed E-state index contributed by atoms with van der Waals surface area (Å²) in [4.78, 5) is 28.7. The first-order valence-corrected chi connectivity index (χ1v) is 14.8. The molecule has 2 atom stereocenters. The van der Waals surface area contributed by atoms with Crippen molar-refractivity contribution in [2.24, 2.45) is 5.92 Å². The molecule has 39 heavy (non-hydrogen) atoms. The van der Waals surface area contributed by atoms with E-state index in [-0.39, 0.29) is 24.1 Å². The van der Waals surface area contributed by atoms with Crippen LogP contribution in [-0.2, 0) is 22.1 Å². The average Bonchev–Trinajstić information content (AvgIpc) is 3.64. The Hall–Kier alpha value is -2.20. The summed E-state index contributed by atoms with van der Waals surface area (Å²) in [5.41, 5.74) is 0.852. The van der Waals surface area contributed by atoms with Crippen LogP contribution in [0.1, 0.15) is 100 Å². The molecule has 5 rings (SSSR count). The summed E-state index contributed by atoms with van der Waals surface area (Å²) in [5.74, 6) is 0.771. The predicted octanol–water partition coefficient (Wildman–Crippen LogP) is 5.17. The molecule has 4 aliphatic rings. The van der Waals surface area contributed by atoms with Crippen LogP contribution in [0.4, 0.5) is 13.2 Å². The van der Waals surface area contributed by atoms with Gasteiger partial charge < -0.3 is 9.64 Å². The minimum Gasteiger partial charge on any atom is -0.373 e. The van der Waals surface area contributed by atoms with Crippen molar-refractivity contribution in [3.8, 4) is 0 Å². The molecule has 0 amide bonds. The van der Waals surface area contributed by atoms with Crippen molar-refractivity contribution in [1.82, 2.24) is 20.0 Å². The summed E-state index contributed by atoms with van der Waals surface area (Å²) in [7, 11) is 0. The average molecular weight is 551 g/mol. The van der Waals surface area contributed by atoms with Crippen molar-refractivity contribution in [3.05, 3.63) is 38.4 Å². The number of hydrogen-bond donors (Lipinski definition) is 1. The molecule has 2 saturated carbocycles. The van der Waals surface area contributed by atoms with E-state index in [0.29, 0.717) is 49.9 Å². The fourth-order valence-corrected chi connectivity index (χ4v) is 6.49. The number of nitrogens with one attached hydrogen (secondary N) is 1. The van der Waals surface area contributed by atoms with Crippen molar-refractivity contribution in [3.63, 3.8) is 0 Å². The number of halogens is 3. The number of carbonyl (C=O) groups excluding carboxylic acids is 1. The smallest absolute Gasteiger partial charge is 0.373 e. The number of morpholine rings is 1. The van der Waals surface area contributed by atoms with Gasteiger partial charge in [-0.05, 0) is 75.3 Å². The van der Waals surface area contributed by atoms with Crippen LogP contribution in [0.15, 0.2) is 16.1 Å². The van der Waals surface area contributed by atoms with Gasteiger partial charge in [-0.25, -0.2) is 5.10 Å². The summed E-state index contributed by atoms with van der Waals surface area (Å²) >= 11 is 0. The molecule has 2 heterocycles. The van der Waals surface area contributed by atoms with Gasteiger partial charge in [0, 0.05) is 44.2 Å². The maximum Gasteiger partial charge on any atom is 0.422 e. The number of ether oxygens (including phenoxy) is 1. The largest absolute Gasteiger partial charge is 0.422 e. The molecule has 0 aromatic carbocycles. The van der Waals surface area contributed by atoms with E-state index in [1.807, 2.05) is 0 Å². The highest BCUT2D eigenvalue weighted by Crippen LogP contribution is 2.41. The highest BCUT2D eigenvalue weighted by molar-refractivity contribution is 5.83. The lowest BCUT2D eigenvalue weighted by Crippen LogP contribution is -2.48. The van der Waals surface area contributed by atoms with Crippen LogP contribution < -0.4 is 5.56 Å². The monoisotopic (exact) mass is 550 g/mol. The van der Waals surface area contributed by atoms with Crippen LogP contribution in [0.3, 0.4) is 0 Å². The normalized spacial score (nSPS) is 23.4. The summed E-state index contributed by atoms with van der Waals surface area (Å²) in [6, 6.07) is -0.263. The van der Waals surface area contributed by atoms with E-state index in [9.17, 15) is 22.8 Å². The Kier molecular flexibility index (Phi) is 8.81. The second kappa shape index (κ2) is 12.1. The molecule has 1 aromatic rings. The zero-order valence-electron chi connectivity index (χ0n) is 23.0. The third-order valence-corrected chi connectivity index (χ3v) is 8.76. The molecule has 0 bridgehead atoms. The third kappa shape index (κ3) is 6.42. The molecule has 216 valence electrons. The molecule has 1 N–H and O–H groups in total. The van der Waals surface area contributed by atoms with Gasteiger partial charge in [0.25, 0.3) is 5.56 Å². The van der Waals surface area contributed by atoms with Crippen LogP contribution in [0.25, 0.3) is 0 Å². The predicted molar refractivity (Wildman–Crippen MR) is 141 cm³/mol. The van der Waals surface area contributed by atoms with Gasteiger partial charge >= 0.3 is 6.18 Å². The minimum absolute atomic E-state index is 0.0460. The summed E-state index contributed by atoms with van der Waals surface area (Å²) in [6.07, 6.45) is 6.05. The molecule has 1 saturated heterocycles. The van der Waals surface area contributed by atoms with Crippen molar-refractivity contribution in [2.45, 2.75) is 102 Å². The lowest BCUT2D eigenvalue weighted by molar-refractivity contribution is -0.139. The number of fused-ring (bicyclic) bond motifs is 1. The van der Waals surface area contributed by atoms with E-state index in [1.54, 1.807) is 0 Å². The lowest BCUT2D eigenvalue weighted by atomic mass is 9.87.